The monoisotopic (exact) mass is 341 g/mol. The molecule has 0 unspecified atom stereocenters. The first-order valence-corrected chi connectivity index (χ1v) is 7.22. The first-order chi connectivity index (χ1) is 10.1. The Morgan fingerprint density at radius 3 is 2.67 bits per heavy atom. The molecule has 3 aromatic rings. The molecule has 104 valence electrons. The Labute approximate surface area is 130 Å². The summed E-state index contributed by atoms with van der Waals surface area (Å²) in [6, 6.07) is 13.1. The fraction of sp³-hybridized carbons (Fsp3) is 0.0625. The van der Waals surface area contributed by atoms with Crippen LogP contribution in [0.15, 0.2) is 53.1 Å². The summed E-state index contributed by atoms with van der Waals surface area (Å²) in [4.78, 5) is 20.8. The van der Waals surface area contributed by atoms with Crippen LogP contribution in [0.4, 0.5) is 5.69 Å². The van der Waals surface area contributed by atoms with Crippen LogP contribution >= 0.6 is 15.9 Å². The molecule has 1 heterocycles. The van der Waals surface area contributed by atoms with E-state index >= 15 is 0 Å². The molecule has 0 aliphatic carbocycles. The number of benzene rings is 2. The van der Waals surface area contributed by atoms with Gasteiger partial charge in [-0.25, -0.2) is 4.98 Å². The van der Waals surface area contributed by atoms with Crippen LogP contribution < -0.4 is 5.32 Å². The third kappa shape index (κ3) is 2.92. The predicted molar refractivity (Wildman–Crippen MR) is 86.4 cm³/mol. The number of aryl methyl sites for hydroxylation is 1. The van der Waals surface area contributed by atoms with Crippen molar-refractivity contribution >= 4 is 38.6 Å². The Morgan fingerprint density at radius 2 is 1.90 bits per heavy atom. The van der Waals surface area contributed by atoms with Gasteiger partial charge >= 0.3 is 0 Å². The third-order valence-corrected chi connectivity index (χ3v) is 3.99. The third-order valence-electron chi connectivity index (χ3n) is 3.10. The summed E-state index contributed by atoms with van der Waals surface area (Å²) in [5.74, 6) is -0.269. The Bertz CT molecular complexity index is 833. The van der Waals surface area contributed by atoms with E-state index in [4.69, 9.17) is 0 Å². The molecule has 0 saturated heterocycles. The molecule has 5 heteroatoms. The van der Waals surface area contributed by atoms with Crippen LogP contribution in [-0.4, -0.2) is 15.9 Å². The minimum absolute atomic E-state index is 0.269. The zero-order valence-corrected chi connectivity index (χ0v) is 12.9. The first kappa shape index (κ1) is 13.7. The van der Waals surface area contributed by atoms with Crippen LogP contribution in [0.25, 0.3) is 11.0 Å². The van der Waals surface area contributed by atoms with E-state index in [2.05, 4.69) is 31.2 Å². The Kier molecular flexibility index (Phi) is 3.66. The van der Waals surface area contributed by atoms with Gasteiger partial charge in [0.15, 0.2) is 0 Å². The van der Waals surface area contributed by atoms with Crippen LogP contribution in [0.2, 0.25) is 0 Å². The van der Waals surface area contributed by atoms with Crippen molar-refractivity contribution in [2.24, 2.45) is 0 Å². The molecule has 21 heavy (non-hydrogen) atoms. The largest absolute Gasteiger partial charge is 0.321 e. The normalized spacial score (nSPS) is 10.6. The van der Waals surface area contributed by atoms with Gasteiger partial charge in [0.1, 0.15) is 5.69 Å². The number of nitrogens with one attached hydrogen (secondary N) is 1. The number of hydrogen-bond donors (Lipinski definition) is 1. The summed E-state index contributed by atoms with van der Waals surface area (Å²) in [6.45, 7) is 1.97. The Hall–Kier alpha value is -2.27. The smallest absolute Gasteiger partial charge is 0.275 e. The van der Waals surface area contributed by atoms with Crippen molar-refractivity contribution in [2.45, 2.75) is 6.92 Å². The molecule has 4 nitrogen and oxygen atoms in total. The highest BCUT2D eigenvalue weighted by Gasteiger charge is 2.10. The van der Waals surface area contributed by atoms with Crippen molar-refractivity contribution in [3.63, 3.8) is 0 Å². The SMILES string of the molecule is Cc1cc(NC(=O)c2cnc3ccccc3n2)ccc1Br. The molecule has 0 spiro atoms. The van der Waals surface area contributed by atoms with Gasteiger partial charge in [0.25, 0.3) is 5.91 Å². The molecule has 2 aromatic carbocycles. The molecule has 1 aromatic heterocycles. The van der Waals surface area contributed by atoms with Gasteiger partial charge in [0.2, 0.25) is 0 Å². The standard InChI is InChI=1S/C16H12BrN3O/c1-10-8-11(6-7-12(10)17)19-16(21)15-9-18-13-4-2-3-5-14(13)20-15/h2-9H,1H3,(H,19,21). The quantitative estimate of drug-likeness (QED) is 0.767. The maximum Gasteiger partial charge on any atom is 0.275 e. The van der Waals surface area contributed by atoms with Gasteiger partial charge in [-0.1, -0.05) is 28.1 Å². The average molecular weight is 342 g/mol. The summed E-state index contributed by atoms with van der Waals surface area (Å²) in [6.07, 6.45) is 1.49. The molecule has 1 amide bonds. The fourth-order valence-corrected chi connectivity index (χ4v) is 2.23. The maximum atomic E-state index is 12.2. The highest BCUT2D eigenvalue weighted by molar-refractivity contribution is 9.10. The number of anilines is 1. The summed E-state index contributed by atoms with van der Waals surface area (Å²) >= 11 is 3.43. The van der Waals surface area contributed by atoms with Crippen LogP contribution in [0, 0.1) is 6.92 Å². The number of para-hydroxylation sites is 2. The lowest BCUT2D eigenvalue weighted by molar-refractivity contribution is 0.102. The van der Waals surface area contributed by atoms with Gasteiger partial charge in [0.05, 0.1) is 17.2 Å². The van der Waals surface area contributed by atoms with Crippen molar-refractivity contribution in [1.82, 2.24) is 9.97 Å². The van der Waals surface area contributed by atoms with E-state index in [1.807, 2.05) is 49.4 Å². The molecule has 0 aliphatic rings. The Morgan fingerprint density at radius 1 is 1.14 bits per heavy atom. The lowest BCUT2D eigenvalue weighted by atomic mass is 10.2. The van der Waals surface area contributed by atoms with Crippen molar-refractivity contribution in [1.29, 1.82) is 0 Å². The van der Waals surface area contributed by atoms with Gasteiger partial charge in [-0.15, -0.1) is 0 Å². The van der Waals surface area contributed by atoms with E-state index in [-0.39, 0.29) is 5.91 Å². The summed E-state index contributed by atoms with van der Waals surface area (Å²) in [5, 5.41) is 2.83. The number of hydrogen-bond acceptors (Lipinski definition) is 3. The molecule has 0 fully saturated rings. The van der Waals surface area contributed by atoms with E-state index in [0.717, 1.165) is 21.2 Å². The topological polar surface area (TPSA) is 54.9 Å². The molecule has 0 aliphatic heterocycles. The van der Waals surface area contributed by atoms with E-state index < -0.39 is 0 Å². The number of carbonyl (C=O) groups excluding carboxylic acids is 1. The van der Waals surface area contributed by atoms with Crippen LogP contribution in [-0.2, 0) is 0 Å². The predicted octanol–water partition coefficient (Wildman–Crippen LogP) is 3.95. The molecule has 3 rings (SSSR count). The van der Waals surface area contributed by atoms with Gasteiger partial charge in [-0.2, -0.15) is 0 Å². The number of halogens is 1. The number of fused-ring (bicyclic) bond motifs is 1. The highest BCUT2D eigenvalue weighted by Crippen LogP contribution is 2.20. The molecule has 0 saturated carbocycles. The summed E-state index contributed by atoms with van der Waals surface area (Å²) in [5.41, 5.74) is 3.56. The van der Waals surface area contributed by atoms with Crippen molar-refractivity contribution in [3.8, 4) is 0 Å². The lowest BCUT2D eigenvalue weighted by Crippen LogP contribution is -2.14. The maximum absolute atomic E-state index is 12.2. The zero-order valence-electron chi connectivity index (χ0n) is 11.3. The second kappa shape index (κ2) is 5.61. The van der Waals surface area contributed by atoms with Crippen LogP contribution in [0.1, 0.15) is 16.1 Å². The van der Waals surface area contributed by atoms with Crippen LogP contribution in [0.5, 0.6) is 0 Å². The van der Waals surface area contributed by atoms with Crippen LogP contribution in [0.3, 0.4) is 0 Å². The van der Waals surface area contributed by atoms with Crippen molar-refractivity contribution in [2.75, 3.05) is 5.32 Å². The average Bonchev–Trinajstić information content (AvgIpc) is 2.50. The molecular weight excluding hydrogens is 330 g/mol. The Balaban J connectivity index is 1.87. The molecule has 0 atom stereocenters. The fourth-order valence-electron chi connectivity index (χ4n) is 1.98. The van der Waals surface area contributed by atoms with E-state index in [1.165, 1.54) is 6.20 Å². The second-order valence-electron chi connectivity index (χ2n) is 4.66. The first-order valence-electron chi connectivity index (χ1n) is 6.43. The second-order valence-corrected chi connectivity index (χ2v) is 5.52. The summed E-state index contributed by atoms with van der Waals surface area (Å²) < 4.78 is 1.01. The molecule has 0 radical (unpaired) electrons. The van der Waals surface area contributed by atoms with Gasteiger partial charge < -0.3 is 5.32 Å². The zero-order chi connectivity index (χ0) is 14.8. The van der Waals surface area contributed by atoms with Gasteiger partial charge in [-0.05, 0) is 42.8 Å². The molecule has 1 N–H and O–H groups in total. The minimum atomic E-state index is -0.269. The van der Waals surface area contributed by atoms with Gasteiger partial charge in [-0.3, -0.25) is 9.78 Å². The lowest BCUT2D eigenvalue weighted by Gasteiger charge is -2.07. The van der Waals surface area contributed by atoms with Crippen molar-refractivity contribution < 1.29 is 4.79 Å². The van der Waals surface area contributed by atoms with E-state index in [0.29, 0.717) is 11.2 Å². The number of carbonyl (C=O) groups is 1. The number of nitrogens with zero attached hydrogens (tertiary/aromatic N) is 2. The molecular formula is C16H12BrN3O. The van der Waals surface area contributed by atoms with Crippen molar-refractivity contribution in [3.05, 3.63) is 64.4 Å². The van der Waals surface area contributed by atoms with Gasteiger partial charge in [0, 0.05) is 10.2 Å². The molecule has 0 bridgehead atoms. The number of amides is 1. The summed E-state index contributed by atoms with van der Waals surface area (Å²) in [7, 11) is 0. The van der Waals surface area contributed by atoms with E-state index in [1.54, 1.807) is 0 Å². The number of rotatable bonds is 2. The van der Waals surface area contributed by atoms with E-state index in [9.17, 15) is 4.79 Å². The highest BCUT2D eigenvalue weighted by atomic mass is 79.9. The number of aromatic nitrogens is 2. The minimum Gasteiger partial charge on any atom is -0.321 e.